The van der Waals surface area contributed by atoms with Crippen LogP contribution in [0.4, 0.5) is 5.69 Å². The third kappa shape index (κ3) is 5.21. The SMILES string of the molecule is Cl.Cl.N#Cc1cc([C@@H](C2CCOCC2)N2CCNCC2)c(O)c([N+](=O)[O-])c1. The molecule has 10 heteroatoms. The number of phenolic OH excluding ortho intramolecular Hbond substituents is 1. The van der Waals surface area contributed by atoms with Gasteiger partial charge < -0.3 is 15.2 Å². The number of nitro benzene ring substituents is 1. The van der Waals surface area contributed by atoms with Gasteiger partial charge in [-0.3, -0.25) is 15.0 Å². The molecule has 1 atom stereocenters. The van der Waals surface area contributed by atoms with E-state index in [1.54, 1.807) is 6.07 Å². The number of benzene rings is 1. The lowest BCUT2D eigenvalue weighted by Gasteiger charge is -2.41. The summed E-state index contributed by atoms with van der Waals surface area (Å²) in [7, 11) is 0. The van der Waals surface area contributed by atoms with Crippen molar-refractivity contribution in [3.63, 3.8) is 0 Å². The summed E-state index contributed by atoms with van der Waals surface area (Å²) in [6, 6.07) is 4.56. The Hall–Kier alpha value is -1.63. The highest BCUT2D eigenvalue weighted by atomic mass is 35.5. The van der Waals surface area contributed by atoms with Crippen molar-refractivity contribution in [1.82, 2.24) is 10.2 Å². The van der Waals surface area contributed by atoms with Crippen molar-refractivity contribution >= 4 is 30.5 Å². The summed E-state index contributed by atoms with van der Waals surface area (Å²) in [4.78, 5) is 12.9. The summed E-state index contributed by atoms with van der Waals surface area (Å²) in [5.74, 6) is -0.0923. The molecule has 1 aromatic carbocycles. The molecule has 0 aromatic heterocycles. The van der Waals surface area contributed by atoms with E-state index in [0.29, 0.717) is 18.8 Å². The molecule has 2 saturated heterocycles. The van der Waals surface area contributed by atoms with Gasteiger partial charge in [-0.1, -0.05) is 0 Å². The first-order chi connectivity index (χ1) is 12.1. The number of rotatable bonds is 4. The van der Waals surface area contributed by atoms with E-state index >= 15 is 0 Å². The molecule has 2 N–H and O–H groups in total. The number of phenols is 1. The summed E-state index contributed by atoms with van der Waals surface area (Å²) in [5.41, 5.74) is 0.285. The summed E-state index contributed by atoms with van der Waals surface area (Å²) in [5, 5.41) is 34.5. The molecule has 0 bridgehead atoms. The molecule has 27 heavy (non-hydrogen) atoms. The molecule has 0 unspecified atom stereocenters. The predicted octanol–water partition coefficient (Wildman–Crippen LogP) is 2.39. The molecule has 1 aromatic rings. The maximum atomic E-state index is 11.3. The van der Waals surface area contributed by atoms with E-state index in [2.05, 4.69) is 10.2 Å². The van der Waals surface area contributed by atoms with Crippen LogP contribution in [-0.4, -0.2) is 54.3 Å². The third-order valence-corrected chi connectivity index (χ3v) is 5.02. The van der Waals surface area contributed by atoms with Crippen LogP contribution >= 0.6 is 24.8 Å². The van der Waals surface area contributed by atoms with Crippen LogP contribution in [0.2, 0.25) is 0 Å². The van der Waals surface area contributed by atoms with E-state index < -0.39 is 10.6 Å². The molecule has 150 valence electrons. The first kappa shape index (κ1) is 23.4. The lowest BCUT2D eigenvalue weighted by molar-refractivity contribution is -0.386. The molecule has 0 saturated carbocycles. The second-order valence-corrected chi connectivity index (χ2v) is 6.48. The lowest BCUT2D eigenvalue weighted by atomic mass is 9.84. The number of ether oxygens (including phenoxy) is 1. The van der Waals surface area contributed by atoms with Gasteiger partial charge in [-0.15, -0.1) is 24.8 Å². The number of hydrogen-bond acceptors (Lipinski definition) is 7. The molecule has 0 radical (unpaired) electrons. The van der Waals surface area contributed by atoms with Gasteiger partial charge in [-0.2, -0.15) is 5.26 Å². The van der Waals surface area contributed by atoms with Gasteiger partial charge in [0, 0.05) is 57.1 Å². The summed E-state index contributed by atoms with van der Waals surface area (Å²) in [6.07, 6.45) is 1.66. The number of nitriles is 1. The fraction of sp³-hybridized carbons (Fsp3) is 0.588. The van der Waals surface area contributed by atoms with E-state index in [0.717, 1.165) is 45.1 Å². The minimum atomic E-state index is -0.627. The molecule has 0 spiro atoms. The molecule has 2 aliphatic heterocycles. The van der Waals surface area contributed by atoms with Gasteiger partial charge >= 0.3 is 5.69 Å². The van der Waals surface area contributed by atoms with Crippen LogP contribution in [0.25, 0.3) is 0 Å². The second-order valence-electron chi connectivity index (χ2n) is 6.48. The Kier molecular flexibility index (Phi) is 9.22. The van der Waals surface area contributed by atoms with Crippen molar-refractivity contribution in [2.24, 2.45) is 5.92 Å². The van der Waals surface area contributed by atoms with Crippen LogP contribution in [0.1, 0.15) is 30.0 Å². The fourth-order valence-electron chi connectivity index (χ4n) is 3.81. The molecular weight excluding hydrogens is 395 g/mol. The van der Waals surface area contributed by atoms with E-state index in [1.807, 2.05) is 6.07 Å². The van der Waals surface area contributed by atoms with Crippen molar-refractivity contribution in [1.29, 1.82) is 5.26 Å². The first-order valence-corrected chi connectivity index (χ1v) is 8.55. The molecule has 8 nitrogen and oxygen atoms in total. The normalized spacial score (nSPS) is 19.2. The van der Waals surface area contributed by atoms with Gasteiger partial charge in [0.1, 0.15) is 0 Å². The second kappa shape index (κ2) is 10.6. The van der Waals surface area contributed by atoms with Crippen LogP contribution in [0, 0.1) is 27.4 Å². The number of nitrogens with one attached hydrogen (secondary N) is 1. The maximum Gasteiger partial charge on any atom is 0.312 e. The lowest BCUT2D eigenvalue weighted by Crippen LogP contribution is -2.47. The summed E-state index contributed by atoms with van der Waals surface area (Å²) in [6.45, 7) is 4.56. The average Bonchev–Trinajstić information content (AvgIpc) is 2.65. The van der Waals surface area contributed by atoms with Gasteiger partial charge in [0.25, 0.3) is 0 Å². The van der Waals surface area contributed by atoms with E-state index in [4.69, 9.17) is 4.74 Å². The van der Waals surface area contributed by atoms with Crippen molar-refractivity contribution in [3.8, 4) is 11.8 Å². The average molecular weight is 419 g/mol. The predicted molar refractivity (Wildman–Crippen MR) is 105 cm³/mol. The number of aromatic hydroxyl groups is 1. The zero-order valence-electron chi connectivity index (χ0n) is 14.8. The number of nitrogens with zero attached hydrogens (tertiary/aromatic N) is 3. The Bertz CT molecular complexity index is 668. The van der Waals surface area contributed by atoms with E-state index in [1.165, 1.54) is 0 Å². The Balaban J connectivity index is 0.00000182. The topological polar surface area (TPSA) is 112 Å². The van der Waals surface area contributed by atoms with Gasteiger partial charge in [-0.25, -0.2) is 0 Å². The highest BCUT2D eigenvalue weighted by Crippen LogP contribution is 2.43. The quantitative estimate of drug-likeness (QED) is 0.569. The van der Waals surface area contributed by atoms with Crippen LogP contribution in [0.3, 0.4) is 0 Å². The monoisotopic (exact) mass is 418 g/mol. The number of hydrogen-bond donors (Lipinski definition) is 2. The molecule has 0 aliphatic carbocycles. The Morgan fingerprint density at radius 2 is 1.93 bits per heavy atom. The van der Waals surface area contributed by atoms with Gasteiger partial charge in [0.05, 0.1) is 16.6 Å². The van der Waals surface area contributed by atoms with E-state index in [9.17, 15) is 20.5 Å². The van der Waals surface area contributed by atoms with Crippen molar-refractivity contribution in [2.45, 2.75) is 18.9 Å². The molecular formula is C17H24Cl2N4O4. The Morgan fingerprint density at radius 1 is 1.30 bits per heavy atom. The number of piperazine rings is 1. The van der Waals surface area contributed by atoms with Gasteiger partial charge in [0.15, 0.2) is 5.75 Å². The van der Waals surface area contributed by atoms with Crippen LogP contribution in [0.15, 0.2) is 12.1 Å². The fourth-order valence-corrected chi connectivity index (χ4v) is 3.81. The first-order valence-electron chi connectivity index (χ1n) is 8.55. The van der Waals surface area contributed by atoms with Crippen LogP contribution in [-0.2, 0) is 4.74 Å². The van der Waals surface area contributed by atoms with Crippen LogP contribution in [0.5, 0.6) is 5.75 Å². The molecule has 2 heterocycles. The van der Waals surface area contributed by atoms with Crippen molar-refractivity contribution < 1.29 is 14.8 Å². The summed E-state index contributed by atoms with van der Waals surface area (Å²) < 4.78 is 5.46. The minimum absolute atomic E-state index is 0. The molecule has 2 fully saturated rings. The zero-order valence-corrected chi connectivity index (χ0v) is 16.4. The number of nitro groups is 1. The summed E-state index contributed by atoms with van der Waals surface area (Å²) >= 11 is 0. The zero-order chi connectivity index (χ0) is 17.8. The largest absolute Gasteiger partial charge is 0.502 e. The maximum absolute atomic E-state index is 11.3. The molecule has 2 aliphatic rings. The standard InChI is InChI=1S/C17H22N4O4.2ClH/c18-11-12-9-14(17(22)15(10-12)21(23)24)16(13-1-7-25-8-2-13)20-5-3-19-4-6-20;;/h9-10,13,16,19,22H,1-8H2;2*1H/t16-;;/m1../s1. The van der Waals surface area contributed by atoms with E-state index in [-0.39, 0.29) is 48.1 Å². The smallest absolute Gasteiger partial charge is 0.312 e. The number of halogens is 2. The molecule has 3 rings (SSSR count). The Morgan fingerprint density at radius 3 is 2.48 bits per heavy atom. The highest BCUT2D eigenvalue weighted by Gasteiger charge is 2.35. The third-order valence-electron chi connectivity index (χ3n) is 5.02. The van der Waals surface area contributed by atoms with Crippen molar-refractivity contribution in [3.05, 3.63) is 33.4 Å². The van der Waals surface area contributed by atoms with Gasteiger partial charge in [-0.05, 0) is 24.8 Å². The highest BCUT2D eigenvalue weighted by molar-refractivity contribution is 5.85. The van der Waals surface area contributed by atoms with Crippen molar-refractivity contribution in [2.75, 3.05) is 39.4 Å². The Labute approximate surface area is 170 Å². The van der Waals surface area contributed by atoms with Gasteiger partial charge in [0.2, 0.25) is 0 Å². The minimum Gasteiger partial charge on any atom is -0.502 e. The molecule has 0 amide bonds. The van der Waals surface area contributed by atoms with Crippen LogP contribution < -0.4 is 5.32 Å².